The molecule has 0 radical (unpaired) electrons. The van der Waals surface area contributed by atoms with Crippen LogP contribution in [0.2, 0.25) is 0 Å². The Bertz CT molecular complexity index is 1680. The van der Waals surface area contributed by atoms with Crippen LogP contribution < -0.4 is 4.74 Å². The van der Waals surface area contributed by atoms with Crippen molar-refractivity contribution in [1.82, 2.24) is 14.5 Å². The van der Waals surface area contributed by atoms with Gasteiger partial charge < -0.3 is 23.8 Å². The van der Waals surface area contributed by atoms with Gasteiger partial charge in [0.2, 0.25) is 5.72 Å². The molecular weight excluding hydrogens is 583 g/mol. The van der Waals surface area contributed by atoms with E-state index in [0.29, 0.717) is 43.3 Å². The maximum atomic E-state index is 14.1. The lowest BCUT2D eigenvalue weighted by Crippen LogP contribution is -2.56. The fraction of sp³-hybridized carbons (Fsp3) is 0.455. The lowest BCUT2D eigenvalue weighted by molar-refractivity contribution is -0.127. The number of sulfone groups is 1. The molecule has 3 aliphatic rings. The van der Waals surface area contributed by atoms with Crippen LogP contribution in [-0.2, 0) is 25.1 Å². The fourth-order valence-electron chi connectivity index (χ4n) is 6.65. The third kappa shape index (κ3) is 5.87. The summed E-state index contributed by atoms with van der Waals surface area (Å²) in [5.41, 5.74) is 3.09. The van der Waals surface area contributed by atoms with Gasteiger partial charge in [-0.2, -0.15) is 0 Å². The average Bonchev–Trinajstić information content (AvgIpc) is 3.61. The zero-order valence-electron chi connectivity index (χ0n) is 25.5. The third-order valence-corrected chi connectivity index (χ3v) is 10.8. The summed E-state index contributed by atoms with van der Waals surface area (Å²) in [4.78, 5) is 12.8. The summed E-state index contributed by atoms with van der Waals surface area (Å²) in [6.07, 6.45) is 9.01. The van der Waals surface area contributed by atoms with Gasteiger partial charge in [0.05, 0.1) is 30.6 Å². The Hall–Kier alpha value is -3.70. The monoisotopic (exact) mass is 622 g/mol. The second kappa shape index (κ2) is 12.0. The number of halogens is 1. The molecule has 1 atom stereocenters. The van der Waals surface area contributed by atoms with Crippen molar-refractivity contribution in [3.05, 3.63) is 83.2 Å². The molecule has 2 fully saturated rings. The third-order valence-electron chi connectivity index (χ3n) is 8.97. The van der Waals surface area contributed by atoms with Crippen LogP contribution >= 0.6 is 0 Å². The zero-order chi connectivity index (χ0) is 31.0. The number of hydrogen-bond acceptors (Lipinski definition) is 8. The average molecular weight is 623 g/mol. The first-order valence-electron chi connectivity index (χ1n) is 15.1. The summed E-state index contributed by atoms with van der Waals surface area (Å²) in [7, 11) is -1.68. The van der Waals surface area contributed by atoms with Crippen LogP contribution in [0.3, 0.4) is 0 Å². The van der Waals surface area contributed by atoms with E-state index in [-0.39, 0.29) is 29.2 Å². The number of oxime groups is 1. The number of imidazole rings is 1. The number of aryl methyl sites for hydroxylation is 1. The van der Waals surface area contributed by atoms with Gasteiger partial charge in [-0.15, -0.1) is 0 Å². The Kier molecular flexibility index (Phi) is 8.27. The molecule has 0 saturated carbocycles. The topological polar surface area (TPSA) is 95.3 Å². The van der Waals surface area contributed by atoms with E-state index in [4.69, 9.17) is 14.3 Å². The first kappa shape index (κ1) is 30.3. The predicted molar refractivity (Wildman–Crippen MR) is 167 cm³/mol. The smallest absolute Gasteiger partial charge is 0.238 e. The van der Waals surface area contributed by atoms with Crippen LogP contribution in [0.15, 0.2) is 65.7 Å². The van der Waals surface area contributed by atoms with Crippen molar-refractivity contribution >= 4 is 21.7 Å². The molecule has 0 aliphatic carbocycles. The van der Waals surface area contributed by atoms with Gasteiger partial charge in [-0.3, -0.25) is 0 Å². The summed E-state index contributed by atoms with van der Waals surface area (Å²) in [6, 6.07) is 12.2. The molecule has 1 unspecified atom stereocenters. The minimum absolute atomic E-state index is 0.0704. The van der Waals surface area contributed by atoms with Crippen LogP contribution in [0.1, 0.15) is 55.8 Å². The highest BCUT2D eigenvalue weighted by Gasteiger charge is 2.55. The summed E-state index contributed by atoms with van der Waals surface area (Å²) in [5, 5.41) is 4.63. The molecule has 1 spiro atoms. The quantitative estimate of drug-likeness (QED) is 0.306. The van der Waals surface area contributed by atoms with Gasteiger partial charge in [0.15, 0.2) is 15.7 Å². The molecule has 4 heterocycles. The molecule has 11 heteroatoms. The molecule has 0 bridgehead atoms. The molecular formula is C33H39FN4O5S. The number of fused-ring (bicyclic) bond motifs is 1. The molecule has 234 valence electrons. The lowest BCUT2D eigenvalue weighted by atomic mass is 9.71. The van der Waals surface area contributed by atoms with E-state index in [9.17, 15) is 12.8 Å². The molecule has 3 aromatic rings. The molecule has 9 nitrogen and oxygen atoms in total. The fourth-order valence-corrected chi connectivity index (χ4v) is 8.07. The molecule has 2 aromatic carbocycles. The number of methoxy groups -OCH3 is 1. The van der Waals surface area contributed by atoms with E-state index < -0.39 is 15.6 Å². The van der Waals surface area contributed by atoms with Crippen molar-refractivity contribution in [3.63, 3.8) is 0 Å². The van der Waals surface area contributed by atoms with E-state index in [1.165, 1.54) is 12.1 Å². The first-order chi connectivity index (χ1) is 21.2. The van der Waals surface area contributed by atoms with Crippen molar-refractivity contribution in [2.75, 3.05) is 38.4 Å². The van der Waals surface area contributed by atoms with Crippen LogP contribution in [0.5, 0.6) is 5.75 Å². The molecule has 1 aromatic heterocycles. The van der Waals surface area contributed by atoms with E-state index in [0.717, 1.165) is 41.8 Å². The maximum Gasteiger partial charge on any atom is 0.238 e. The highest BCUT2D eigenvalue weighted by molar-refractivity contribution is 7.91. The highest BCUT2D eigenvalue weighted by Crippen LogP contribution is 2.50. The maximum absolute atomic E-state index is 14.1. The predicted octanol–water partition coefficient (Wildman–Crippen LogP) is 5.63. The van der Waals surface area contributed by atoms with Crippen molar-refractivity contribution < 1.29 is 27.1 Å². The zero-order valence-corrected chi connectivity index (χ0v) is 26.3. The Labute approximate surface area is 258 Å². The number of amidine groups is 1. The molecule has 44 heavy (non-hydrogen) atoms. The minimum atomic E-state index is -3.33. The summed E-state index contributed by atoms with van der Waals surface area (Å²) in [6.45, 7) is 5.72. The Morgan fingerprint density at radius 1 is 1.11 bits per heavy atom. The van der Waals surface area contributed by atoms with Crippen molar-refractivity contribution in [1.29, 1.82) is 0 Å². The standard InChI is InChI=1S/C33H39FN4O5S/c1-4-16-44(39,40)17-13-33(27-6-8-28(34)9-7-27)38-22-32(11-14-42-15-12-32)20-26(31(38)36-43-33)18-25-5-10-29(30(19-25)41-3)37-21-24(2)35-23-37/h5-10,18-19,21,23H,4,11-17,20,22H2,1-3H3/b26-18+. The Morgan fingerprint density at radius 3 is 2.57 bits per heavy atom. The number of nitrogens with zero attached hydrogens (tertiary/aromatic N) is 4. The second-order valence-corrected chi connectivity index (χ2v) is 14.4. The number of aromatic nitrogens is 2. The van der Waals surface area contributed by atoms with Gasteiger partial charge in [0.25, 0.3) is 0 Å². The number of ether oxygens (including phenoxy) is 2. The largest absolute Gasteiger partial charge is 0.495 e. The van der Waals surface area contributed by atoms with E-state index in [1.54, 1.807) is 25.6 Å². The number of benzene rings is 2. The Balaban J connectivity index is 1.42. The summed E-state index contributed by atoms with van der Waals surface area (Å²) >= 11 is 0. The molecule has 6 rings (SSSR count). The first-order valence-corrected chi connectivity index (χ1v) is 17.0. The van der Waals surface area contributed by atoms with Crippen LogP contribution in [0, 0.1) is 18.2 Å². The van der Waals surface area contributed by atoms with Crippen LogP contribution in [0.25, 0.3) is 11.8 Å². The van der Waals surface area contributed by atoms with Crippen molar-refractivity contribution in [2.45, 2.75) is 51.7 Å². The SMILES string of the molecule is CCCS(=O)(=O)CCC1(c2ccc(F)cc2)ON=C2/C(=C/c3ccc(-n4cnc(C)c4)c(OC)c3)CC3(CCOCC3)CN21. The summed E-state index contributed by atoms with van der Waals surface area (Å²) in [5.74, 6) is 1.04. The van der Waals surface area contributed by atoms with E-state index in [1.807, 2.05) is 42.8 Å². The van der Waals surface area contributed by atoms with Crippen molar-refractivity contribution in [3.8, 4) is 11.4 Å². The van der Waals surface area contributed by atoms with Crippen molar-refractivity contribution in [2.24, 2.45) is 10.6 Å². The summed E-state index contributed by atoms with van der Waals surface area (Å²) < 4.78 is 53.5. The van der Waals surface area contributed by atoms with Crippen LogP contribution in [-0.4, -0.2) is 67.1 Å². The second-order valence-electron chi connectivity index (χ2n) is 12.1. The van der Waals surface area contributed by atoms with E-state index >= 15 is 0 Å². The molecule has 2 saturated heterocycles. The minimum Gasteiger partial charge on any atom is -0.495 e. The highest BCUT2D eigenvalue weighted by atomic mass is 32.2. The Morgan fingerprint density at radius 2 is 1.89 bits per heavy atom. The van der Waals surface area contributed by atoms with Gasteiger partial charge in [0.1, 0.15) is 11.6 Å². The molecule has 3 aliphatic heterocycles. The van der Waals surface area contributed by atoms with Crippen LogP contribution in [0.4, 0.5) is 4.39 Å². The van der Waals surface area contributed by atoms with Gasteiger partial charge >= 0.3 is 0 Å². The molecule has 0 amide bonds. The number of rotatable bonds is 9. The van der Waals surface area contributed by atoms with Gasteiger partial charge in [0, 0.05) is 43.7 Å². The van der Waals surface area contributed by atoms with Gasteiger partial charge in [-0.1, -0.05) is 30.3 Å². The van der Waals surface area contributed by atoms with Gasteiger partial charge in [-0.05, 0) is 79.5 Å². The van der Waals surface area contributed by atoms with Gasteiger partial charge in [-0.25, -0.2) is 17.8 Å². The van der Waals surface area contributed by atoms with E-state index in [2.05, 4.69) is 21.1 Å². The normalized spacial score (nSPS) is 22.1. The number of hydrogen-bond donors (Lipinski definition) is 0. The molecule has 0 N–H and O–H groups in total. The number of piperidine rings is 1. The lowest BCUT2D eigenvalue weighted by Gasteiger charge is -2.49.